The van der Waals surface area contributed by atoms with Gasteiger partial charge in [-0.05, 0) is 38.8 Å². The Balaban J connectivity index is 1.60. The van der Waals surface area contributed by atoms with Crippen molar-refractivity contribution >= 4 is 0 Å². The maximum atomic E-state index is 5.95. The summed E-state index contributed by atoms with van der Waals surface area (Å²) in [7, 11) is 3.85. The molecule has 0 saturated carbocycles. The lowest BCUT2D eigenvalue weighted by molar-refractivity contribution is 0.298. The van der Waals surface area contributed by atoms with Crippen LogP contribution in [0.4, 0.5) is 0 Å². The maximum absolute atomic E-state index is 5.95. The molecule has 3 rings (SSSR count). The highest BCUT2D eigenvalue weighted by molar-refractivity contribution is 5.33. The van der Waals surface area contributed by atoms with Crippen molar-refractivity contribution in [2.75, 3.05) is 0 Å². The summed E-state index contributed by atoms with van der Waals surface area (Å²) in [6, 6.07) is 8.29. The van der Waals surface area contributed by atoms with E-state index in [2.05, 4.69) is 34.5 Å². The fourth-order valence-electron chi connectivity index (χ4n) is 2.97. The normalized spacial score (nSPS) is 11.0. The van der Waals surface area contributed by atoms with Crippen LogP contribution in [0.3, 0.4) is 0 Å². The summed E-state index contributed by atoms with van der Waals surface area (Å²) in [6.45, 7) is 9.00. The molecule has 26 heavy (non-hydrogen) atoms. The van der Waals surface area contributed by atoms with Gasteiger partial charge < -0.3 is 9.47 Å². The van der Waals surface area contributed by atoms with E-state index in [0.717, 1.165) is 45.4 Å². The molecule has 2 aromatic heterocycles. The molecule has 0 unspecified atom stereocenters. The van der Waals surface area contributed by atoms with E-state index in [4.69, 9.17) is 9.47 Å². The minimum Gasteiger partial charge on any atom is -0.485 e. The number of nitrogens with zero attached hydrogens (tertiary/aromatic N) is 4. The predicted octanol–water partition coefficient (Wildman–Crippen LogP) is 3.55. The highest BCUT2D eigenvalue weighted by atomic mass is 16.5. The number of hydrogen-bond donors (Lipinski definition) is 0. The highest BCUT2D eigenvalue weighted by Gasteiger charge is 2.12. The topological polar surface area (TPSA) is 54.1 Å². The van der Waals surface area contributed by atoms with E-state index < -0.39 is 0 Å². The minimum absolute atomic E-state index is 0.523. The van der Waals surface area contributed by atoms with Gasteiger partial charge in [0.05, 0.1) is 11.4 Å². The second-order valence-corrected chi connectivity index (χ2v) is 6.64. The predicted molar refractivity (Wildman–Crippen MR) is 100 cm³/mol. The second-order valence-electron chi connectivity index (χ2n) is 6.64. The van der Waals surface area contributed by atoms with Crippen LogP contribution in [-0.4, -0.2) is 19.6 Å². The van der Waals surface area contributed by atoms with E-state index >= 15 is 0 Å². The summed E-state index contributed by atoms with van der Waals surface area (Å²) < 4.78 is 15.6. The van der Waals surface area contributed by atoms with Gasteiger partial charge in [0.2, 0.25) is 0 Å². The Morgan fingerprint density at radius 3 is 1.31 bits per heavy atom. The highest BCUT2D eigenvalue weighted by Crippen LogP contribution is 2.24. The molecule has 0 aliphatic heterocycles. The minimum atomic E-state index is 0.523. The molecule has 0 saturated heterocycles. The van der Waals surface area contributed by atoms with Crippen LogP contribution in [-0.2, 0) is 27.3 Å². The van der Waals surface area contributed by atoms with Gasteiger partial charge in [0.1, 0.15) is 24.6 Å². The monoisotopic (exact) mass is 354 g/mol. The Bertz CT molecular complexity index is 832. The average molecular weight is 354 g/mol. The second kappa shape index (κ2) is 7.23. The van der Waals surface area contributed by atoms with Gasteiger partial charge in [0, 0.05) is 14.1 Å². The first-order valence-corrected chi connectivity index (χ1v) is 8.70. The lowest BCUT2D eigenvalue weighted by Crippen LogP contribution is -2.00. The molecule has 0 fully saturated rings. The van der Waals surface area contributed by atoms with Crippen LogP contribution in [0, 0.1) is 27.7 Å². The van der Waals surface area contributed by atoms with Gasteiger partial charge >= 0.3 is 0 Å². The van der Waals surface area contributed by atoms with E-state index in [-0.39, 0.29) is 0 Å². The van der Waals surface area contributed by atoms with Gasteiger partial charge in [0.15, 0.2) is 11.5 Å². The van der Waals surface area contributed by atoms with Gasteiger partial charge in [-0.1, -0.05) is 24.3 Å². The SMILES string of the molecule is Cc1nn(C)c(C)c1OCc1ccc(COc2c(C)nn(C)c2C)cc1. The van der Waals surface area contributed by atoms with Crippen molar-refractivity contribution in [2.45, 2.75) is 40.9 Å². The zero-order valence-corrected chi connectivity index (χ0v) is 16.3. The van der Waals surface area contributed by atoms with Crippen LogP contribution < -0.4 is 9.47 Å². The molecule has 0 aliphatic carbocycles. The van der Waals surface area contributed by atoms with E-state index in [1.54, 1.807) is 0 Å². The van der Waals surface area contributed by atoms with Crippen LogP contribution in [0.5, 0.6) is 11.5 Å². The van der Waals surface area contributed by atoms with Crippen LogP contribution >= 0.6 is 0 Å². The summed E-state index contributed by atoms with van der Waals surface area (Å²) in [5.74, 6) is 1.73. The van der Waals surface area contributed by atoms with Crippen molar-refractivity contribution in [3.63, 3.8) is 0 Å². The molecule has 0 radical (unpaired) electrons. The standard InChI is InChI=1S/C20H26N4O2/c1-13-19(15(3)23(5)21-13)25-11-17-7-9-18(10-8-17)12-26-20-14(2)22-24(6)16(20)4/h7-10H,11-12H2,1-6H3. The van der Waals surface area contributed by atoms with Crippen molar-refractivity contribution in [3.8, 4) is 11.5 Å². The van der Waals surface area contributed by atoms with E-state index in [1.165, 1.54) is 0 Å². The lowest BCUT2D eigenvalue weighted by Gasteiger charge is -2.09. The summed E-state index contributed by atoms with van der Waals surface area (Å²) in [4.78, 5) is 0. The molecule has 138 valence electrons. The molecule has 0 amide bonds. The summed E-state index contributed by atoms with van der Waals surface area (Å²) in [5.41, 5.74) is 6.13. The van der Waals surface area contributed by atoms with Gasteiger partial charge in [-0.15, -0.1) is 0 Å². The van der Waals surface area contributed by atoms with E-state index in [0.29, 0.717) is 13.2 Å². The molecule has 6 nitrogen and oxygen atoms in total. The van der Waals surface area contributed by atoms with Crippen molar-refractivity contribution in [2.24, 2.45) is 14.1 Å². The Labute approximate surface area is 154 Å². The fraction of sp³-hybridized carbons (Fsp3) is 0.400. The Hall–Kier alpha value is -2.76. The molecule has 0 spiro atoms. The summed E-state index contributed by atoms with van der Waals surface area (Å²) in [5, 5.41) is 8.75. The quantitative estimate of drug-likeness (QED) is 0.679. The van der Waals surface area contributed by atoms with Crippen molar-refractivity contribution in [1.82, 2.24) is 19.6 Å². The first-order chi connectivity index (χ1) is 12.4. The first kappa shape index (κ1) is 18.0. The fourth-order valence-corrected chi connectivity index (χ4v) is 2.97. The summed E-state index contributed by atoms with van der Waals surface area (Å²) >= 11 is 0. The van der Waals surface area contributed by atoms with Crippen LogP contribution in [0.25, 0.3) is 0 Å². The molecule has 1 aromatic carbocycles. The van der Waals surface area contributed by atoms with Crippen molar-refractivity contribution in [1.29, 1.82) is 0 Å². The number of benzene rings is 1. The van der Waals surface area contributed by atoms with Gasteiger partial charge in [-0.3, -0.25) is 9.36 Å². The molecular formula is C20H26N4O2. The number of rotatable bonds is 6. The third-order valence-corrected chi connectivity index (χ3v) is 4.67. The van der Waals surface area contributed by atoms with Gasteiger partial charge in [-0.2, -0.15) is 10.2 Å². The number of ether oxygens (including phenoxy) is 2. The number of aromatic nitrogens is 4. The third-order valence-electron chi connectivity index (χ3n) is 4.67. The van der Waals surface area contributed by atoms with Crippen LogP contribution in [0.15, 0.2) is 24.3 Å². The van der Waals surface area contributed by atoms with Gasteiger partial charge in [0.25, 0.3) is 0 Å². The Kier molecular flexibility index (Phi) is 5.02. The largest absolute Gasteiger partial charge is 0.485 e. The molecule has 0 aliphatic rings. The molecule has 0 N–H and O–H groups in total. The Morgan fingerprint density at radius 2 is 1.04 bits per heavy atom. The van der Waals surface area contributed by atoms with E-state index in [9.17, 15) is 0 Å². The van der Waals surface area contributed by atoms with Crippen LogP contribution in [0.1, 0.15) is 33.9 Å². The maximum Gasteiger partial charge on any atom is 0.163 e. The zero-order chi connectivity index (χ0) is 18.8. The van der Waals surface area contributed by atoms with Crippen molar-refractivity contribution < 1.29 is 9.47 Å². The van der Waals surface area contributed by atoms with Crippen molar-refractivity contribution in [3.05, 3.63) is 58.2 Å². The van der Waals surface area contributed by atoms with Crippen LogP contribution in [0.2, 0.25) is 0 Å². The smallest absolute Gasteiger partial charge is 0.163 e. The third kappa shape index (κ3) is 3.59. The van der Waals surface area contributed by atoms with Gasteiger partial charge in [-0.25, -0.2) is 0 Å². The van der Waals surface area contributed by atoms with E-state index in [1.807, 2.05) is 51.2 Å². The first-order valence-electron chi connectivity index (χ1n) is 8.70. The molecule has 0 bridgehead atoms. The zero-order valence-electron chi connectivity index (χ0n) is 16.3. The Morgan fingerprint density at radius 1 is 0.692 bits per heavy atom. The number of aryl methyl sites for hydroxylation is 4. The average Bonchev–Trinajstić information content (AvgIpc) is 3.00. The lowest BCUT2D eigenvalue weighted by atomic mass is 10.1. The number of hydrogen-bond acceptors (Lipinski definition) is 4. The molecule has 0 atom stereocenters. The molecular weight excluding hydrogens is 328 g/mol. The molecule has 6 heteroatoms. The molecule has 2 heterocycles. The molecule has 3 aromatic rings. The summed E-state index contributed by atoms with van der Waals surface area (Å²) in [6.07, 6.45) is 0.